The first kappa shape index (κ1) is 81.6. The van der Waals surface area contributed by atoms with E-state index in [9.17, 15) is 35.1 Å². The van der Waals surface area contributed by atoms with E-state index in [0.29, 0.717) is 19.3 Å². The van der Waals surface area contributed by atoms with Gasteiger partial charge in [-0.25, -0.2) is 0 Å². The Labute approximate surface area is 529 Å². The number of carbonyl (C=O) groups is 2. The number of carbonyl (C=O) groups excluding carboxylic acids is 2. The maximum absolute atomic E-state index is 13.5. The van der Waals surface area contributed by atoms with Crippen molar-refractivity contribution in [2.24, 2.45) is 0 Å². The van der Waals surface area contributed by atoms with E-state index in [0.717, 1.165) is 70.6 Å². The number of nitrogens with one attached hydrogen (secondary N) is 1. The Kier molecular flexibility index (Phi) is 59.6. The Hall–Kier alpha value is -2.38. The highest BCUT2D eigenvalue weighted by atomic mass is 16.7. The number of ether oxygens (including phenoxy) is 3. The molecular formula is C75H139NO10. The molecule has 86 heavy (non-hydrogen) atoms. The summed E-state index contributed by atoms with van der Waals surface area (Å²) in [5.74, 6) is -1.18. The van der Waals surface area contributed by atoms with Crippen LogP contribution in [0.3, 0.4) is 0 Å². The molecule has 8 atom stereocenters. The van der Waals surface area contributed by atoms with Gasteiger partial charge >= 0.3 is 5.97 Å². The molecule has 0 bridgehead atoms. The van der Waals surface area contributed by atoms with E-state index in [4.69, 9.17) is 14.2 Å². The fraction of sp³-hybridized carbons (Fsp3) is 0.867. The first-order valence-electron chi connectivity index (χ1n) is 36.9. The van der Waals surface area contributed by atoms with E-state index in [1.807, 2.05) is 6.08 Å². The minimum absolute atomic E-state index is 0.123. The standard InChI is InChI=1S/C75H139NO10/c1-4-7-10-13-16-19-22-25-27-29-31-33-34-35-36-37-39-41-43-45-48-51-54-57-60-63-70(80)86-73-72(82)71(81)69(64-77)85-75(73)84-65-66(67(78)61-58-55-52-49-46-24-21-18-15-12-9-6-3)76-74(83)68(79)62-59-56-53-50-47-44-42-40-38-32-30-28-26-23-20-17-14-11-8-5-2/h16,19,25,27,31,33,58,61,66-69,71-73,75,77-79,81-82H,4-15,17-18,20-24,26,28-30,32,34-57,59-60,62-65H2,1-3H3,(H,76,83)/b19-16-,27-25-,33-31-,61-58+. The van der Waals surface area contributed by atoms with Gasteiger partial charge in [-0.3, -0.25) is 9.59 Å². The molecule has 11 nitrogen and oxygen atoms in total. The highest BCUT2D eigenvalue weighted by molar-refractivity contribution is 5.80. The second-order valence-electron chi connectivity index (χ2n) is 25.7. The fourth-order valence-corrected chi connectivity index (χ4v) is 11.7. The zero-order valence-corrected chi connectivity index (χ0v) is 56.2. The second-order valence-corrected chi connectivity index (χ2v) is 25.7. The third-order valence-corrected chi connectivity index (χ3v) is 17.5. The summed E-state index contributed by atoms with van der Waals surface area (Å²) in [6.07, 6.45) is 68.7. The smallest absolute Gasteiger partial charge is 0.306 e. The number of rotatable bonds is 64. The number of esters is 1. The normalized spacial score (nSPS) is 18.5. The van der Waals surface area contributed by atoms with Crippen LogP contribution in [0.1, 0.15) is 355 Å². The summed E-state index contributed by atoms with van der Waals surface area (Å²) in [7, 11) is 0. The van der Waals surface area contributed by atoms with E-state index in [2.05, 4.69) is 62.5 Å². The molecule has 1 rings (SSSR count). The lowest BCUT2D eigenvalue weighted by molar-refractivity contribution is -0.305. The zero-order chi connectivity index (χ0) is 62.4. The van der Waals surface area contributed by atoms with E-state index in [1.54, 1.807) is 6.08 Å². The zero-order valence-electron chi connectivity index (χ0n) is 56.2. The van der Waals surface area contributed by atoms with E-state index < -0.39 is 67.4 Å². The van der Waals surface area contributed by atoms with Crippen molar-refractivity contribution in [1.82, 2.24) is 5.32 Å². The molecule has 6 N–H and O–H groups in total. The monoisotopic (exact) mass is 1210 g/mol. The fourth-order valence-electron chi connectivity index (χ4n) is 11.7. The maximum Gasteiger partial charge on any atom is 0.306 e. The van der Waals surface area contributed by atoms with E-state index >= 15 is 0 Å². The molecule has 1 aliphatic heterocycles. The van der Waals surface area contributed by atoms with Crippen molar-refractivity contribution in [3.8, 4) is 0 Å². The molecule has 1 heterocycles. The minimum Gasteiger partial charge on any atom is -0.454 e. The molecule has 0 aromatic carbocycles. The number of hydrogen-bond acceptors (Lipinski definition) is 10. The maximum atomic E-state index is 13.5. The largest absolute Gasteiger partial charge is 0.454 e. The summed E-state index contributed by atoms with van der Waals surface area (Å²) >= 11 is 0. The summed E-state index contributed by atoms with van der Waals surface area (Å²) < 4.78 is 17.7. The third-order valence-electron chi connectivity index (χ3n) is 17.5. The van der Waals surface area contributed by atoms with Crippen molar-refractivity contribution < 1.29 is 49.3 Å². The highest BCUT2D eigenvalue weighted by Crippen LogP contribution is 2.26. The molecule has 1 saturated heterocycles. The summed E-state index contributed by atoms with van der Waals surface area (Å²) in [4.78, 5) is 26.7. The molecule has 8 unspecified atom stereocenters. The lowest BCUT2D eigenvalue weighted by atomic mass is 9.99. The second kappa shape index (κ2) is 62.8. The SMILES string of the molecule is CCCCC/C=C\C/C=C\C/C=C\CCCCCCCCCCCCCCC(=O)OC1C(OCC(NC(=O)C(O)CCCCCCCCCCCCCCCCCCCCCC)C(O)/C=C/CCCCCCCCCCCC)OC(CO)C(O)C1O. The molecule has 0 aromatic rings. The number of amides is 1. The van der Waals surface area contributed by atoms with Crippen molar-refractivity contribution in [2.75, 3.05) is 13.2 Å². The van der Waals surface area contributed by atoms with Gasteiger partial charge in [0.05, 0.1) is 25.4 Å². The van der Waals surface area contributed by atoms with Gasteiger partial charge in [-0.15, -0.1) is 0 Å². The van der Waals surface area contributed by atoms with Crippen molar-refractivity contribution in [3.05, 3.63) is 48.6 Å². The van der Waals surface area contributed by atoms with Crippen LogP contribution in [0.25, 0.3) is 0 Å². The first-order valence-corrected chi connectivity index (χ1v) is 36.9. The molecule has 1 aliphatic rings. The van der Waals surface area contributed by atoms with Crippen molar-refractivity contribution in [3.63, 3.8) is 0 Å². The minimum atomic E-state index is -1.61. The van der Waals surface area contributed by atoms with Gasteiger partial charge in [0.1, 0.15) is 24.4 Å². The topological polar surface area (TPSA) is 175 Å². The number of aliphatic hydroxyl groups excluding tert-OH is 5. The summed E-state index contributed by atoms with van der Waals surface area (Å²) in [6.45, 7) is 5.82. The molecule has 504 valence electrons. The average molecular weight is 1210 g/mol. The van der Waals surface area contributed by atoms with E-state index in [-0.39, 0.29) is 13.0 Å². The molecular weight excluding hydrogens is 1070 g/mol. The quantitative estimate of drug-likeness (QED) is 0.0195. The Balaban J connectivity index is 2.54. The van der Waals surface area contributed by atoms with Gasteiger partial charge < -0.3 is 45.1 Å². The van der Waals surface area contributed by atoms with Gasteiger partial charge in [0, 0.05) is 6.42 Å². The van der Waals surface area contributed by atoms with Crippen LogP contribution in [-0.4, -0.2) is 99.6 Å². The summed E-state index contributed by atoms with van der Waals surface area (Å²) in [5, 5.41) is 57.3. The Bertz CT molecular complexity index is 1590. The summed E-state index contributed by atoms with van der Waals surface area (Å²) in [5.41, 5.74) is 0. The van der Waals surface area contributed by atoms with Crippen LogP contribution in [0, 0.1) is 0 Å². The van der Waals surface area contributed by atoms with Gasteiger partial charge in [-0.1, -0.05) is 333 Å². The molecule has 0 radical (unpaired) electrons. The van der Waals surface area contributed by atoms with Crippen LogP contribution in [0.4, 0.5) is 0 Å². The molecule has 0 spiro atoms. The number of allylic oxidation sites excluding steroid dienone is 7. The average Bonchev–Trinajstić information content (AvgIpc) is 3.39. The predicted molar refractivity (Wildman–Crippen MR) is 361 cm³/mol. The van der Waals surface area contributed by atoms with Gasteiger partial charge in [0.2, 0.25) is 5.91 Å². The Morgan fingerprint density at radius 2 is 0.802 bits per heavy atom. The molecule has 0 aromatic heterocycles. The van der Waals surface area contributed by atoms with Crippen LogP contribution >= 0.6 is 0 Å². The predicted octanol–water partition coefficient (Wildman–Crippen LogP) is 19.1. The Morgan fingerprint density at radius 3 is 1.22 bits per heavy atom. The van der Waals surface area contributed by atoms with Crippen molar-refractivity contribution in [2.45, 2.75) is 404 Å². The van der Waals surface area contributed by atoms with Gasteiger partial charge in [-0.2, -0.15) is 0 Å². The molecule has 0 aliphatic carbocycles. The van der Waals surface area contributed by atoms with Crippen LogP contribution < -0.4 is 5.32 Å². The lowest BCUT2D eigenvalue weighted by Gasteiger charge is -2.41. The van der Waals surface area contributed by atoms with Crippen molar-refractivity contribution >= 4 is 11.9 Å². The number of aliphatic hydroxyl groups is 5. The van der Waals surface area contributed by atoms with Crippen LogP contribution in [0.5, 0.6) is 0 Å². The molecule has 0 saturated carbocycles. The summed E-state index contributed by atoms with van der Waals surface area (Å²) in [6, 6.07) is -1.02. The van der Waals surface area contributed by atoms with E-state index in [1.165, 1.54) is 238 Å². The van der Waals surface area contributed by atoms with Crippen molar-refractivity contribution in [1.29, 1.82) is 0 Å². The number of hydrogen-bond donors (Lipinski definition) is 6. The molecule has 1 amide bonds. The van der Waals surface area contributed by atoms with Crippen LogP contribution in [0.15, 0.2) is 48.6 Å². The van der Waals surface area contributed by atoms with Gasteiger partial charge in [0.15, 0.2) is 12.4 Å². The van der Waals surface area contributed by atoms with Crippen LogP contribution in [-0.2, 0) is 23.8 Å². The lowest BCUT2D eigenvalue weighted by Crippen LogP contribution is -2.61. The molecule has 11 heteroatoms. The Morgan fingerprint density at radius 1 is 0.453 bits per heavy atom. The number of unbranched alkanes of at least 4 members (excludes halogenated alkanes) is 44. The molecule has 1 fully saturated rings. The third kappa shape index (κ3) is 49.4. The van der Waals surface area contributed by atoms with Gasteiger partial charge in [-0.05, 0) is 64.2 Å². The van der Waals surface area contributed by atoms with Crippen LogP contribution in [0.2, 0.25) is 0 Å². The first-order chi connectivity index (χ1) is 42.2. The van der Waals surface area contributed by atoms with Gasteiger partial charge in [0.25, 0.3) is 0 Å². The highest BCUT2D eigenvalue weighted by Gasteiger charge is 2.47.